The molecule has 0 N–H and O–H groups in total. The Morgan fingerprint density at radius 3 is 2.88 bits per heavy atom. The monoisotopic (exact) mass is 445 g/mol. The number of fused-ring (bicyclic) bond motifs is 1. The molecule has 2 amide bonds. The molecule has 1 atom stereocenters. The summed E-state index contributed by atoms with van der Waals surface area (Å²) in [5, 5.41) is 2.05. The molecule has 5 rings (SSSR count). The molecule has 3 aromatic heterocycles. The van der Waals surface area contributed by atoms with Crippen LogP contribution < -0.4 is 0 Å². The van der Waals surface area contributed by atoms with Crippen molar-refractivity contribution < 1.29 is 9.59 Å². The van der Waals surface area contributed by atoms with Crippen molar-refractivity contribution in [3.8, 4) is 10.4 Å². The summed E-state index contributed by atoms with van der Waals surface area (Å²) in [7, 11) is 0. The van der Waals surface area contributed by atoms with Crippen LogP contribution in [0.1, 0.15) is 23.0 Å². The quantitative estimate of drug-likeness (QED) is 0.472. The number of piperazine rings is 1. The number of benzene rings is 1. The normalized spacial score (nSPS) is 16.7. The molecule has 4 aromatic rings. The highest BCUT2D eigenvalue weighted by Crippen LogP contribution is 2.27. The molecule has 7 nitrogen and oxygen atoms in total. The zero-order valence-electron chi connectivity index (χ0n) is 17.7. The lowest BCUT2D eigenvalue weighted by molar-refractivity contribution is -0.139. The average molecular weight is 446 g/mol. The van der Waals surface area contributed by atoms with Gasteiger partial charge in [-0.05, 0) is 35.6 Å². The molecule has 1 aliphatic heterocycles. The first kappa shape index (κ1) is 20.4. The Morgan fingerprint density at radius 1 is 1.19 bits per heavy atom. The summed E-state index contributed by atoms with van der Waals surface area (Å²) in [6.07, 6.45) is 5.59. The number of amides is 2. The summed E-state index contributed by atoms with van der Waals surface area (Å²) >= 11 is 1.68. The van der Waals surface area contributed by atoms with Crippen molar-refractivity contribution in [3.63, 3.8) is 0 Å². The van der Waals surface area contributed by atoms with E-state index in [1.54, 1.807) is 45.3 Å². The number of rotatable bonds is 5. The minimum Gasteiger partial charge on any atom is -0.339 e. The van der Waals surface area contributed by atoms with Gasteiger partial charge < -0.3 is 9.80 Å². The van der Waals surface area contributed by atoms with Gasteiger partial charge in [-0.3, -0.25) is 14.0 Å². The Hall–Kier alpha value is -3.52. The molecule has 4 heterocycles. The Labute approximate surface area is 189 Å². The van der Waals surface area contributed by atoms with Crippen LogP contribution in [-0.4, -0.2) is 61.7 Å². The van der Waals surface area contributed by atoms with Crippen LogP contribution in [0.25, 0.3) is 16.2 Å². The molecule has 32 heavy (non-hydrogen) atoms. The Morgan fingerprint density at radius 2 is 2.09 bits per heavy atom. The molecular formula is C24H23N5O2S. The zero-order valence-corrected chi connectivity index (χ0v) is 18.5. The summed E-state index contributed by atoms with van der Waals surface area (Å²) in [4.78, 5) is 40.0. The fourth-order valence-corrected chi connectivity index (χ4v) is 4.91. The largest absolute Gasteiger partial charge is 0.339 e. The van der Waals surface area contributed by atoms with Gasteiger partial charge >= 0.3 is 0 Å². The summed E-state index contributed by atoms with van der Waals surface area (Å²) < 4.78 is 1.72. The first-order valence-electron chi connectivity index (χ1n) is 10.7. The molecular weight excluding hydrogens is 422 g/mol. The van der Waals surface area contributed by atoms with Gasteiger partial charge in [0, 0.05) is 49.5 Å². The van der Waals surface area contributed by atoms with Crippen LogP contribution >= 0.6 is 11.3 Å². The van der Waals surface area contributed by atoms with Crippen LogP contribution in [0.3, 0.4) is 0 Å². The molecule has 0 saturated carbocycles. The van der Waals surface area contributed by atoms with Gasteiger partial charge in [0.25, 0.3) is 5.91 Å². The second kappa shape index (κ2) is 8.55. The zero-order chi connectivity index (χ0) is 22.1. The lowest BCUT2D eigenvalue weighted by atomic mass is 9.98. The van der Waals surface area contributed by atoms with Crippen molar-refractivity contribution in [2.45, 2.75) is 19.4 Å². The molecule has 1 fully saturated rings. The molecule has 8 heteroatoms. The van der Waals surface area contributed by atoms with E-state index in [4.69, 9.17) is 0 Å². The lowest BCUT2D eigenvalue weighted by Crippen LogP contribution is -2.59. The average Bonchev–Trinajstić information content (AvgIpc) is 3.50. The van der Waals surface area contributed by atoms with Gasteiger partial charge in [-0.25, -0.2) is 9.97 Å². The standard InChI is InChI=1S/C24H23N5O2S/c1-2-27-11-12-29(22(30)19-16-28-10-5-9-25-24(28)26-19)20(23(27)31)15-17-6-3-7-18(14-17)21-8-4-13-32-21/h3-10,13-14,16,20H,2,11-12,15H2,1H3/t20-/m1/s1. The maximum absolute atomic E-state index is 13.4. The summed E-state index contributed by atoms with van der Waals surface area (Å²) in [5.74, 6) is 0.212. The van der Waals surface area contributed by atoms with E-state index in [9.17, 15) is 9.59 Å². The van der Waals surface area contributed by atoms with Gasteiger partial charge in [-0.2, -0.15) is 0 Å². The summed E-state index contributed by atoms with van der Waals surface area (Å²) in [6, 6.07) is 13.6. The SMILES string of the molecule is CCN1CCN(C(=O)c2cn3cccnc3n2)[C@H](Cc2cccc(-c3cccs3)c2)C1=O. The number of nitrogens with zero attached hydrogens (tertiary/aromatic N) is 5. The van der Waals surface area contributed by atoms with Crippen LogP contribution in [0, 0.1) is 0 Å². The number of hydrogen-bond donors (Lipinski definition) is 0. The van der Waals surface area contributed by atoms with Crippen LogP contribution in [-0.2, 0) is 11.2 Å². The highest BCUT2D eigenvalue weighted by Gasteiger charge is 2.38. The van der Waals surface area contributed by atoms with Gasteiger partial charge in [0.1, 0.15) is 11.7 Å². The highest BCUT2D eigenvalue weighted by atomic mass is 32.1. The maximum Gasteiger partial charge on any atom is 0.274 e. The first-order chi connectivity index (χ1) is 15.6. The number of thiophene rings is 1. The molecule has 0 aliphatic carbocycles. The van der Waals surface area contributed by atoms with Crippen molar-refractivity contribution in [2.75, 3.05) is 19.6 Å². The molecule has 1 aliphatic rings. The van der Waals surface area contributed by atoms with Crippen molar-refractivity contribution in [3.05, 3.63) is 77.7 Å². The van der Waals surface area contributed by atoms with Crippen molar-refractivity contribution in [1.29, 1.82) is 0 Å². The fraction of sp³-hybridized carbons (Fsp3) is 0.250. The number of aromatic nitrogens is 3. The van der Waals surface area contributed by atoms with Crippen LogP contribution in [0.15, 0.2) is 66.4 Å². The predicted octanol–water partition coefficient (Wildman–Crippen LogP) is 3.37. The topological polar surface area (TPSA) is 70.8 Å². The Kier molecular flexibility index (Phi) is 5.45. The van der Waals surface area contributed by atoms with E-state index in [1.807, 2.05) is 30.0 Å². The lowest BCUT2D eigenvalue weighted by Gasteiger charge is -2.40. The van der Waals surface area contributed by atoms with Crippen LogP contribution in [0.2, 0.25) is 0 Å². The fourth-order valence-electron chi connectivity index (χ4n) is 4.19. The summed E-state index contributed by atoms with van der Waals surface area (Å²) in [5.41, 5.74) is 2.46. The molecule has 0 bridgehead atoms. The van der Waals surface area contributed by atoms with Crippen molar-refractivity contribution in [1.82, 2.24) is 24.2 Å². The number of likely N-dealkylation sites (N-methyl/N-ethyl adjacent to an activating group) is 1. The molecule has 1 aromatic carbocycles. The van der Waals surface area contributed by atoms with Crippen molar-refractivity contribution in [2.24, 2.45) is 0 Å². The second-order valence-corrected chi connectivity index (χ2v) is 8.71. The molecule has 162 valence electrons. The molecule has 1 saturated heterocycles. The smallest absolute Gasteiger partial charge is 0.274 e. The van der Waals surface area contributed by atoms with E-state index in [1.165, 1.54) is 4.88 Å². The third-order valence-corrected chi connectivity index (χ3v) is 6.76. The second-order valence-electron chi connectivity index (χ2n) is 7.77. The Balaban J connectivity index is 1.46. The van der Waals surface area contributed by atoms with Gasteiger partial charge in [-0.15, -0.1) is 11.3 Å². The number of hydrogen-bond acceptors (Lipinski definition) is 5. The highest BCUT2D eigenvalue weighted by molar-refractivity contribution is 7.13. The third kappa shape index (κ3) is 3.78. The molecule has 0 unspecified atom stereocenters. The molecule has 0 radical (unpaired) electrons. The molecule has 0 spiro atoms. The van der Waals surface area contributed by atoms with E-state index in [2.05, 4.69) is 33.5 Å². The first-order valence-corrected chi connectivity index (χ1v) is 11.5. The van der Waals surface area contributed by atoms with E-state index in [0.29, 0.717) is 37.5 Å². The van der Waals surface area contributed by atoms with Crippen molar-refractivity contribution >= 4 is 28.9 Å². The van der Waals surface area contributed by atoms with E-state index in [0.717, 1.165) is 11.1 Å². The summed E-state index contributed by atoms with van der Waals surface area (Å²) in [6.45, 7) is 3.61. The van der Waals surface area contributed by atoms with E-state index in [-0.39, 0.29) is 11.8 Å². The minimum absolute atomic E-state index is 0.0180. The number of carbonyl (C=O) groups excluding carboxylic acids is 2. The number of imidazole rings is 1. The van der Waals surface area contributed by atoms with Gasteiger partial charge in [0.05, 0.1) is 0 Å². The van der Waals surface area contributed by atoms with Gasteiger partial charge in [-0.1, -0.05) is 30.3 Å². The van der Waals surface area contributed by atoms with E-state index >= 15 is 0 Å². The minimum atomic E-state index is -0.562. The predicted molar refractivity (Wildman–Crippen MR) is 124 cm³/mol. The number of carbonyl (C=O) groups is 2. The van der Waals surface area contributed by atoms with Crippen LogP contribution in [0.5, 0.6) is 0 Å². The van der Waals surface area contributed by atoms with Crippen LogP contribution in [0.4, 0.5) is 0 Å². The Bertz CT molecular complexity index is 1230. The maximum atomic E-state index is 13.4. The third-order valence-electron chi connectivity index (χ3n) is 5.84. The van der Waals surface area contributed by atoms with Gasteiger partial charge in [0.15, 0.2) is 0 Å². The van der Waals surface area contributed by atoms with E-state index < -0.39 is 6.04 Å². The van der Waals surface area contributed by atoms with Gasteiger partial charge in [0.2, 0.25) is 11.7 Å².